The van der Waals surface area contributed by atoms with E-state index in [1.807, 2.05) is 26.0 Å². The number of ether oxygens (including phenoxy) is 1. The monoisotopic (exact) mass is 368 g/mol. The van der Waals surface area contributed by atoms with Crippen molar-refractivity contribution in [2.45, 2.75) is 89.8 Å². The second kappa shape index (κ2) is 11.5. The zero-order valence-corrected chi connectivity index (χ0v) is 16.6. The maximum absolute atomic E-state index is 12.2. The van der Waals surface area contributed by atoms with Gasteiger partial charge in [-0.1, -0.05) is 44.8 Å². The Hall–Kier alpha value is -1.20. The molecule has 0 aromatic carbocycles. The Kier molecular flexibility index (Phi) is 10.1. The maximum Gasteiger partial charge on any atom is 0.305 e. The molecule has 2 N–H and O–H groups in total. The van der Waals surface area contributed by atoms with Gasteiger partial charge in [0.15, 0.2) is 0 Å². The summed E-state index contributed by atoms with van der Waals surface area (Å²) in [5, 5.41) is 20.4. The quantitative estimate of drug-likeness (QED) is 0.313. The number of rotatable bonds is 12. The SMILES string of the molecule is CCC[C@](C)(O)CC=CC1C(O)CC(=O)C1CCCCCCC(=O)OC. The Morgan fingerprint density at radius 3 is 2.65 bits per heavy atom. The molecule has 26 heavy (non-hydrogen) atoms. The predicted octanol–water partition coefficient (Wildman–Crippen LogP) is 3.56. The van der Waals surface area contributed by atoms with Gasteiger partial charge in [-0.2, -0.15) is 0 Å². The number of aliphatic hydroxyl groups excluding tert-OH is 1. The number of esters is 1. The first-order chi connectivity index (χ1) is 12.3. The van der Waals surface area contributed by atoms with Gasteiger partial charge in [0.1, 0.15) is 5.78 Å². The van der Waals surface area contributed by atoms with Crippen molar-refractivity contribution in [1.29, 1.82) is 0 Å². The third-order valence-corrected chi connectivity index (χ3v) is 5.31. The summed E-state index contributed by atoms with van der Waals surface area (Å²) in [5.74, 6) is -0.307. The van der Waals surface area contributed by atoms with E-state index < -0.39 is 11.7 Å². The van der Waals surface area contributed by atoms with Crippen LogP contribution in [0.15, 0.2) is 12.2 Å². The molecule has 1 saturated carbocycles. The van der Waals surface area contributed by atoms with Gasteiger partial charge in [-0.25, -0.2) is 0 Å². The van der Waals surface area contributed by atoms with Gasteiger partial charge in [0, 0.05) is 24.7 Å². The highest BCUT2D eigenvalue weighted by Crippen LogP contribution is 2.34. The van der Waals surface area contributed by atoms with Crippen molar-refractivity contribution in [3.63, 3.8) is 0 Å². The lowest BCUT2D eigenvalue weighted by Crippen LogP contribution is -2.23. The minimum atomic E-state index is -0.728. The van der Waals surface area contributed by atoms with E-state index in [4.69, 9.17) is 0 Å². The molecule has 4 atom stereocenters. The lowest BCUT2D eigenvalue weighted by atomic mass is 9.87. The normalized spacial score (nSPS) is 25.6. The van der Waals surface area contributed by atoms with Gasteiger partial charge in [-0.3, -0.25) is 9.59 Å². The van der Waals surface area contributed by atoms with Crippen LogP contribution in [-0.4, -0.2) is 40.8 Å². The number of unbranched alkanes of at least 4 members (excludes halogenated alkanes) is 3. The van der Waals surface area contributed by atoms with E-state index in [-0.39, 0.29) is 30.0 Å². The number of hydrogen-bond donors (Lipinski definition) is 2. The molecule has 1 aliphatic rings. The largest absolute Gasteiger partial charge is 0.469 e. The van der Waals surface area contributed by atoms with E-state index in [0.717, 1.165) is 44.9 Å². The van der Waals surface area contributed by atoms with Crippen LogP contribution >= 0.6 is 0 Å². The molecule has 0 bridgehead atoms. The fraction of sp³-hybridized carbons (Fsp3) is 0.810. The first-order valence-electron chi connectivity index (χ1n) is 9.97. The first kappa shape index (κ1) is 22.8. The summed E-state index contributed by atoms with van der Waals surface area (Å²) in [7, 11) is 1.40. The van der Waals surface area contributed by atoms with Crippen LogP contribution in [0.3, 0.4) is 0 Å². The van der Waals surface area contributed by atoms with E-state index in [1.165, 1.54) is 7.11 Å². The van der Waals surface area contributed by atoms with Crippen LogP contribution in [0.25, 0.3) is 0 Å². The highest BCUT2D eigenvalue weighted by Gasteiger charge is 2.39. The number of carbonyl (C=O) groups is 2. The van der Waals surface area contributed by atoms with Crippen molar-refractivity contribution < 1.29 is 24.5 Å². The standard InChI is InChI=1S/C21H36O5/c1-4-13-21(2,25)14-9-11-17-16(18(22)15-19(17)23)10-7-5-6-8-12-20(24)26-3/h9,11,16-17,19,23,25H,4-8,10,12-15H2,1-3H3/t16?,17?,19?,21-/m0/s1. The Morgan fingerprint density at radius 2 is 2.00 bits per heavy atom. The summed E-state index contributed by atoms with van der Waals surface area (Å²) in [5.41, 5.74) is -0.728. The summed E-state index contributed by atoms with van der Waals surface area (Å²) in [6.07, 6.45) is 10.5. The van der Waals surface area contributed by atoms with Gasteiger partial charge in [0.05, 0.1) is 18.8 Å². The van der Waals surface area contributed by atoms with Crippen molar-refractivity contribution in [1.82, 2.24) is 0 Å². The molecular formula is C21H36O5. The summed E-state index contributed by atoms with van der Waals surface area (Å²) in [4.78, 5) is 23.3. The molecule has 0 heterocycles. The Bertz CT molecular complexity index is 469. The molecule has 1 aliphatic carbocycles. The van der Waals surface area contributed by atoms with E-state index >= 15 is 0 Å². The number of ketones is 1. The van der Waals surface area contributed by atoms with Gasteiger partial charge in [-0.05, 0) is 32.6 Å². The molecular weight excluding hydrogens is 332 g/mol. The topological polar surface area (TPSA) is 83.8 Å². The van der Waals surface area contributed by atoms with E-state index in [9.17, 15) is 19.8 Å². The summed E-state index contributed by atoms with van der Waals surface area (Å²) in [6, 6.07) is 0. The fourth-order valence-electron chi connectivity index (χ4n) is 3.80. The first-order valence-corrected chi connectivity index (χ1v) is 9.97. The van der Waals surface area contributed by atoms with E-state index in [2.05, 4.69) is 4.74 Å². The minimum absolute atomic E-state index is 0.127. The molecule has 1 rings (SSSR count). The number of methoxy groups -OCH3 is 1. The van der Waals surface area contributed by atoms with Crippen LogP contribution in [0.4, 0.5) is 0 Å². The molecule has 0 spiro atoms. The average molecular weight is 369 g/mol. The second-order valence-corrected chi connectivity index (χ2v) is 7.83. The van der Waals surface area contributed by atoms with Gasteiger partial charge >= 0.3 is 5.97 Å². The minimum Gasteiger partial charge on any atom is -0.469 e. The van der Waals surface area contributed by atoms with Gasteiger partial charge in [0.2, 0.25) is 0 Å². The molecule has 5 nitrogen and oxygen atoms in total. The van der Waals surface area contributed by atoms with E-state index in [1.54, 1.807) is 0 Å². The predicted molar refractivity (Wildman–Crippen MR) is 102 cm³/mol. The van der Waals surface area contributed by atoms with Crippen LogP contribution in [0.2, 0.25) is 0 Å². The third kappa shape index (κ3) is 8.00. The van der Waals surface area contributed by atoms with E-state index in [0.29, 0.717) is 12.8 Å². The van der Waals surface area contributed by atoms with Crippen molar-refractivity contribution in [2.24, 2.45) is 11.8 Å². The van der Waals surface area contributed by atoms with Crippen LogP contribution in [-0.2, 0) is 14.3 Å². The lowest BCUT2D eigenvalue weighted by molar-refractivity contribution is -0.140. The fourth-order valence-corrected chi connectivity index (χ4v) is 3.80. The summed E-state index contributed by atoms with van der Waals surface area (Å²) < 4.78 is 4.62. The molecule has 0 amide bonds. The van der Waals surface area contributed by atoms with Crippen molar-refractivity contribution in [3.05, 3.63) is 12.2 Å². The molecule has 3 unspecified atom stereocenters. The van der Waals surface area contributed by atoms with Crippen molar-refractivity contribution in [2.75, 3.05) is 7.11 Å². The highest BCUT2D eigenvalue weighted by atomic mass is 16.5. The Morgan fingerprint density at radius 1 is 1.31 bits per heavy atom. The van der Waals surface area contributed by atoms with Crippen LogP contribution in [0, 0.1) is 11.8 Å². The number of Topliss-reactive ketones (excluding diaryl/α,β-unsaturated/α-hetero) is 1. The van der Waals surface area contributed by atoms with Gasteiger partial charge < -0.3 is 14.9 Å². The summed E-state index contributed by atoms with van der Waals surface area (Å²) >= 11 is 0. The highest BCUT2D eigenvalue weighted by molar-refractivity contribution is 5.84. The van der Waals surface area contributed by atoms with Gasteiger partial charge in [-0.15, -0.1) is 0 Å². The molecule has 0 radical (unpaired) electrons. The van der Waals surface area contributed by atoms with Crippen LogP contribution in [0.5, 0.6) is 0 Å². The molecule has 0 saturated heterocycles. The average Bonchev–Trinajstić information content (AvgIpc) is 2.84. The number of aliphatic hydroxyl groups is 2. The Balaban J connectivity index is 2.42. The van der Waals surface area contributed by atoms with Gasteiger partial charge in [0.25, 0.3) is 0 Å². The molecule has 5 heteroatoms. The molecule has 1 fully saturated rings. The van der Waals surface area contributed by atoms with Crippen LogP contribution in [0.1, 0.15) is 78.1 Å². The Labute approximate surface area is 157 Å². The zero-order chi connectivity index (χ0) is 19.6. The smallest absolute Gasteiger partial charge is 0.305 e. The number of hydrogen-bond acceptors (Lipinski definition) is 5. The third-order valence-electron chi connectivity index (χ3n) is 5.31. The zero-order valence-electron chi connectivity index (χ0n) is 16.6. The molecule has 0 aliphatic heterocycles. The molecule has 0 aromatic rings. The molecule has 0 aromatic heterocycles. The van der Waals surface area contributed by atoms with Crippen molar-refractivity contribution >= 4 is 11.8 Å². The van der Waals surface area contributed by atoms with Crippen LogP contribution < -0.4 is 0 Å². The number of carbonyl (C=O) groups excluding carboxylic acids is 2. The van der Waals surface area contributed by atoms with Crippen molar-refractivity contribution in [3.8, 4) is 0 Å². The second-order valence-electron chi connectivity index (χ2n) is 7.83. The summed E-state index contributed by atoms with van der Waals surface area (Å²) in [6.45, 7) is 3.86. The lowest BCUT2D eigenvalue weighted by Gasteiger charge is -2.22. The molecule has 150 valence electrons. The maximum atomic E-state index is 12.2.